The number of rotatable bonds is 4. The molecule has 3 heteroatoms. The SMILES string of the molecule is CSc1scc[n+]1CCc1ccccc1. The predicted octanol–water partition coefficient (Wildman–Crippen LogP) is 3.00. The van der Waals surface area contributed by atoms with E-state index in [0.29, 0.717) is 0 Å². The van der Waals surface area contributed by atoms with E-state index in [1.807, 2.05) is 23.1 Å². The smallest absolute Gasteiger partial charge is 0.183 e. The van der Waals surface area contributed by atoms with Gasteiger partial charge < -0.3 is 0 Å². The molecule has 0 N–H and O–H groups in total. The molecule has 0 fully saturated rings. The summed E-state index contributed by atoms with van der Waals surface area (Å²) in [5.74, 6) is 0. The Kier molecular flexibility index (Phi) is 3.80. The van der Waals surface area contributed by atoms with E-state index in [1.165, 1.54) is 9.90 Å². The van der Waals surface area contributed by atoms with Gasteiger partial charge in [0.15, 0.2) is 12.7 Å². The second-order valence-corrected chi connectivity index (χ2v) is 5.25. The van der Waals surface area contributed by atoms with Crippen LogP contribution in [0.1, 0.15) is 5.56 Å². The standard InChI is InChI=1S/C12H14NS2/c1-14-12-13(9-10-15-12)8-7-11-5-3-2-4-6-11/h2-6,9-10H,7-8H2,1H3/q+1. The van der Waals surface area contributed by atoms with Gasteiger partial charge in [-0.2, -0.15) is 4.57 Å². The van der Waals surface area contributed by atoms with E-state index in [-0.39, 0.29) is 0 Å². The van der Waals surface area contributed by atoms with Crippen LogP contribution in [0.2, 0.25) is 0 Å². The maximum absolute atomic E-state index is 2.32. The van der Waals surface area contributed by atoms with Gasteiger partial charge in [0.2, 0.25) is 0 Å². The zero-order valence-electron chi connectivity index (χ0n) is 8.72. The number of thioether (sulfide) groups is 1. The summed E-state index contributed by atoms with van der Waals surface area (Å²) in [6, 6.07) is 10.6. The Hall–Kier alpha value is -0.800. The fourth-order valence-electron chi connectivity index (χ4n) is 1.52. The van der Waals surface area contributed by atoms with Gasteiger partial charge in [-0.15, -0.1) is 0 Å². The van der Waals surface area contributed by atoms with Crippen molar-refractivity contribution in [1.29, 1.82) is 0 Å². The van der Waals surface area contributed by atoms with Crippen LogP contribution in [0.25, 0.3) is 0 Å². The summed E-state index contributed by atoms with van der Waals surface area (Å²) in [6.45, 7) is 1.07. The van der Waals surface area contributed by atoms with Crippen LogP contribution in [0.15, 0.2) is 46.2 Å². The van der Waals surface area contributed by atoms with E-state index in [1.54, 1.807) is 0 Å². The van der Waals surface area contributed by atoms with Gasteiger partial charge in [-0.1, -0.05) is 41.7 Å². The zero-order chi connectivity index (χ0) is 10.5. The summed E-state index contributed by atoms with van der Waals surface area (Å²) in [5.41, 5.74) is 1.41. The van der Waals surface area contributed by atoms with Crippen molar-refractivity contribution < 1.29 is 4.57 Å². The molecular formula is C12H14NS2+. The van der Waals surface area contributed by atoms with Crippen LogP contribution in [0, 0.1) is 0 Å². The van der Waals surface area contributed by atoms with Crippen LogP contribution in [-0.4, -0.2) is 6.26 Å². The van der Waals surface area contributed by atoms with Gasteiger partial charge in [-0.05, 0) is 23.6 Å². The van der Waals surface area contributed by atoms with E-state index in [4.69, 9.17) is 0 Å². The van der Waals surface area contributed by atoms with Crippen LogP contribution in [0.3, 0.4) is 0 Å². The number of hydrogen-bond donors (Lipinski definition) is 0. The fraction of sp³-hybridized carbons (Fsp3) is 0.250. The third kappa shape index (κ3) is 2.83. The molecule has 2 rings (SSSR count). The average molecular weight is 236 g/mol. The third-order valence-electron chi connectivity index (χ3n) is 2.30. The molecule has 0 radical (unpaired) electrons. The summed E-state index contributed by atoms with van der Waals surface area (Å²) in [5, 5.41) is 2.15. The van der Waals surface area contributed by atoms with Gasteiger partial charge in [-0.25, -0.2) is 0 Å². The zero-order valence-corrected chi connectivity index (χ0v) is 10.4. The van der Waals surface area contributed by atoms with Crippen molar-refractivity contribution in [3.05, 3.63) is 47.5 Å². The molecule has 0 aliphatic heterocycles. The van der Waals surface area contributed by atoms with Gasteiger partial charge in [0.25, 0.3) is 4.34 Å². The Bertz CT molecular complexity index is 409. The summed E-state index contributed by atoms with van der Waals surface area (Å²) in [7, 11) is 0. The number of aromatic nitrogens is 1. The molecule has 0 amide bonds. The fourth-order valence-corrected chi connectivity index (χ4v) is 3.07. The molecule has 0 saturated heterocycles. The summed E-state index contributed by atoms with van der Waals surface area (Å²) in [6.07, 6.45) is 5.40. The third-order valence-corrected chi connectivity index (χ3v) is 4.37. The molecular weight excluding hydrogens is 222 g/mol. The Morgan fingerprint density at radius 3 is 2.80 bits per heavy atom. The molecule has 0 atom stereocenters. The van der Waals surface area contributed by atoms with Crippen LogP contribution >= 0.6 is 23.1 Å². The molecule has 1 aromatic carbocycles. The highest BCUT2D eigenvalue weighted by molar-refractivity contribution is 8.00. The summed E-state index contributed by atoms with van der Waals surface area (Å²) in [4.78, 5) is 0. The molecule has 2 aromatic rings. The highest BCUT2D eigenvalue weighted by Gasteiger charge is 2.10. The van der Waals surface area contributed by atoms with Crippen molar-refractivity contribution in [2.75, 3.05) is 6.26 Å². The van der Waals surface area contributed by atoms with Crippen LogP contribution in [0.5, 0.6) is 0 Å². The Morgan fingerprint density at radius 1 is 1.27 bits per heavy atom. The maximum Gasteiger partial charge on any atom is 0.297 e. The Morgan fingerprint density at radius 2 is 2.07 bits per heavy atom. The molecule has 1 nitrogen and oxygen atoms in total. The van der Waals surface area contributed by atoms with Crippen molar-refractivity contribution in [3.8, 4) is 0 Å². The highest BCUT2D eigenvalue weighted by Crippen LogP contribution is 2.15. The van der Waals surface area contributed by atoms with Crippen molar-refractivity contribution in [1.82, 2.24) is 0 Å². The molecule has 0 aliphatic rings. The number of nitrogens with zero attached hydrogens (tertiary/aromatic N) is 1. The topological polar surface area (TPSA) is 3.88 Å². The van der Waals surface area contributed by atoms with E-state index >= 15 is 0 Å². The molecule has 1 heterocycles. The van der Waals surface area contributed by atoms with Crippen molar-refractivity contribution >= 4 is 23.1 Å². The van der Waals surface area contributed by atoms with Gasteiger partial charge >= 0.3 is 0 Å². The van der Waals surface area contributed by atoms with Gasteiger partial charge in [0.05, 0.1) is 5.38 Å². The van der Waals surface area contributed by atoms with Crippen LogP contribution in [0.4, 0.5) is 0 Å². The van der Waals surface area contributed by atoms with Crippen molar-refractivity contribution in [2.45, 2.75) is 17.3 Å². The molecule has 0 bridgehead atoms. The number of thiazole rings is 1. The molecule has 78 valence electrons. The molecule has 15 heavy (non-hydrogen) atoms. The first-order valence-corrected chi connectivity index (χ1v) is 7.05. The van der Waals surface area contributed by atoms with Crippen molar-refractivity contribution in [3.63, 3.8) is 0 Å². The number of aryl methyl sites for hydroxylation is 2. The molecule has 0 spiro atoms. The summed E-state index contributed by atoms with van der Waals surface area (Å²) >= 11 is 3.63. The van der Waals surface area contributed by atoms with Crippen molar-refractivity contribution in [2.24, 2.45) is 0 Å². The van der Waals surface area contributed by atoms with Gasteiger partial charge in [0, 0.05) is 6.42 Å². The molecule has 1 aromatic heterocycles. The summed E-state index contributed by atoms with van der Waals surface area (Å²) < 4.78 is 3.70. The first kappa shape index (κ1) is 10.7. The van der Waals surface area contributed by atoms with E-state index < -0.39 is 0 Å². The lowest BCUT2D eigenvalue weighted by atomic mass is 10.1. The minimum absolute atomic E-state index is 1.07. The molecule has 0 aliphatic carbocycles. The van der Waals surface area contributed by atoms with E-state index in [9.17, 15) is 0 Å². The normalized spacial score (nSPS) is 10.5. The second-order valence-electron chi connectivity index (χ2n) is 3.30. The number of benzene rings is 1. The maximum atomic E-state index is 2.32. The van der Waals surface area contributed by atoms with E-state index in [0.717, 1.165) is 13.0 Å². The minimum Gasteiger partial charge on any atom is -0.183 e. The monoisotopic (exact) mass is 236 g/mol. The first-order chi connectivity index (χ1) is 7.40. The first-order valence-electron chi connectivity index (χ1n) is 4.95. The highest BCUT2D eigenvalue weighted by atomic mass is 32.2. The van der Waals surface area contributed by atoms with Gasteiger partial charge in [0.1, 0.15) is 0 Å². The Balaban J connectivity index is 1.99. The lowest BCUT2D eigenvalue weighted by Crippen LogP contribution is -2.33. The van der Waals surface area contributed by atoms with Crippen LogP contribution in [-0.2, 0) is 13.0 Å². The number of hydrogen-bond acceptors (Lipinski definition) is 2. The average Bonchev–Trinajstić information content (AvgIpc) is 2.75. The lowest BCUT2D eigenvalue weighted by molar-refractivity contribution is -0.725. The Labute approximate surface area is 98.8 Å². The molecule has 0 saturated carbocycles. The van der Waals surface area contributed by atoms with Crippen LogP contribution < -0.4 is 4.57 Å². The van der Waals surface area contributed by atoms with Gasteiger partial charge in [-0.3, -0.25) is 0 Å². The molecule has 0 unspecified atom stereocenters. The van der Waals surface area contributed by atoms with E-state index in [2.05, 4.69) is 52.7 Å². The lowest BCUT2D eigenvalue weighted by Gasteiger charge is -1.97. The largest absolute Gasteiger partial charge is 0.297 e. The predicted molar refractivity (Wildman–Crippen MR) is 66.4 cm³/mol. The second kappa shape index (κ2) is 5.33. The minimum atomic E-state index is 1.07. The quantitative estimate of drug-likeness (QED) is 0.583.